The Bertz CT molecular complexity index is 676. The second-order valence-electron chi connectivity index (χ2n) is 5.40. The Morgan fingerprint density at radius 3 is 2.48 bits per heavy atom. The summed E-state index contributed by atoms with van der Waals surface area (Å²) in [6, 6.07) is 16.1. The second kappa shape index (κ2) is 7.57. The monoisotopic (exact) mass is 343 g/mol. The molecule has 23 heavy (non-hydrogen) atoms. The van der Waals surface area contributed by atoms with Crippen LogP contribution in [0.1, 0.15) is 5.56 Å². The number of nitrogen functional groups attached to an aromatic ring is 1. The molecule has 1 atom stereocenters. The van der Waals surface area contributed by atoms with Crippen molar-refractivity contribution in [1.82, 2.24) is 9.55 Å². The van der Waals surface area contributed by atoms with E-state index in [4.69, 9.17) is 17.3 Å². The largest absolute Gasteiger partial charge is 0.399 e. The lowest BCUT2D eigenvalue weighted by Gasteiger charge is -2.17. The summed E-state index contributed by atoms with van der Waals surface area (Å²) >= 11 is 7.84. The third kappa shape index (κ3) is 4.78. The number of rotatable bonds is 6. The van der Waals surface area contributed by atoms with Gasteiger partial charge in [-0.2, -0.15) is 0 Å². The highest BCUT2D eigenvalue weighted by molar-refractivity contribution is 8.00. The Morgan fingerprint density at radius 2 is 1.83 bits per heavy atom. The molecular weight excluding hydrogens is 326 g/mol. The maximum Gasteiger partial charge on any atom is 0.0946 e. The highest BCUT2D eigenvalue weighted by Crippen LogP contribution is 2.28. The minimum absolute atomic E-state index is 0.397. The molecule has 3 nitrogen and oxygen atoms in total. The summed E-state index contributed by atoms with van der Waals surface area (Å²) in [4.78, 5) is 5.35. The van der Waals surface area contributed by atoms with Gasteiger partial charge in [-0.25, -0.2) is 4.98 Å². The molecule has 2 N–H and O–H groups in total. The van der Waals surface area contributed by atoms with Crippen molar-refractivity contribution in [3.05, 3.63) is 77.8 Å². The zero-order valence-corrected chi connectivity index (χ0v) is 14.2. The van der Waals surface area contributed by atoms with E-state index in [0.29, 0.717) is 5.25 Å². The molecule has 0 bridgehead atoms. The van der Waals surface area contributed by atoms with Gasteiger partial charge < -0.3 is 10.3 Å². The molecule has 1 aromatic heterocycles. The number of anilines is 1. The van der Waals surface area contributed by atoms with Gasteiger partial charge in [-0.1, -0.05) is 23.7 Å². The third-order valence-corrected chi connectivity index (χ3v) is 4.98. The maximum atomic E-state index is 5.98. The van der Waals surface area contributed by atoms with Crippen LogP contribution in [0.15, 0.2) is 72.1 Å². The molecule has 5 heteroatoms. The van der Waals surface area contributed by atoms with Gasteiger partial charge in [0, 0.05) is 39.8 Å². The van der Waals surface area contributed by atoms with E-state index in [9.17, 15) is 0 Å². The molecule has 0 aliphatic rings. The number of nitrogens with two attached hydrogens (primary N) is 1. The van der Waals surface area contributed by atoms with E-state index in [-0.39, 0.29) is 0 Å². The fourth-order valence-electron chi connectivity index (χ4n) is 2.40. The number of hydrogen-bond donors (Lipinski definition) is 1. The van der Waals surface area contributed by atoms with Gasteiger partial charge >= 0.3 is 0 Å². The van der Waals surface area contributed by atoms with Crippen LogP contribution in [0.3, 0.4) is 0 Å². The molecule has 0 saturated carbocycles. The molecule has 3 rings (SSSR count). The number of benzene rings is 2. The maximum absolute atomic E-state index is 5.98. The van der Waals surface area contributed by atoms with Crippen LogP contribution in [0.25, 0.3) is 0 Å². The van der Waals surface area contributed by atoms with Crippen molar-refractivity contribution in [3.8, 4) is 0 Å². The molecule has 0 fully saturated rings. The zero-order chi connectivity index (χ0) is 16.1. The van der Waals surface area contributed by atoms with E-state index in [1.807, 2.05) is 54.7 Å². The van der Waals surface area contributed by atoms with E-state index in [1.54, 1.807) is 0 Å². The molecule has 0 saturated heterocycles. The highest BCUT2D eigenvalue weighted by Gasteiger charge is 2.13. The summed E-state index contributed by atoms with van der Waals surface area (Å²) < 4.78 is 2.12. The van der Waals surface area contributed by atoms with Gasteiger partial charge in [0.25, 0.3) is 0 Å². The van der Waals surface area contributed by atoms with Crippen molar-refractivity contribution in [2.24, 2.45) is 0 Å². The molecule has 1 heterocycles. The minimum atomic E-state index is 0.397. The van der Waals surface area contributed by atoms with Gasteiger partial charge in [0.2, 0.25) is 0 Å². The number of hydrogen-bond acceptors (Lipinski definition) is 3. The fraction of sp³-hybridized carbons (Fsp3) is 0.167. The molecule has 0 radical (unpaired) electrons. The Balaban J connectivity index is 1.75. The van der Waals surface area contributed by atoms with E-state index in [2.05, 4.69) is 33.8 Å². The van der Waals surface area contributed by atoms with Gasteiger partial charge in [0.1, 0.15) is 0 Å². The van der Waals surface area contributed by atoms with E-state index < -0.39 is 0 Å². The smallest absolute Gasteiger partial charge is 0.0946 e. The van der Waals surface area contributed by atoms with E-state index >= 15 is 0 Å². The average Bonchev–Trinajstić information content (AvgIpc) is 3.05. The van der Waals surface area contributed by atoms with Crippen LogP contribution < -0.4 is 5.73 Å². The number of imidazole rings is 1. The van der Waals surface area contributed by atoms with Crippen LogP contribution in [0.2, 0.25) is 5.02 Å². The zero-order valence-electron chi connectivity index (χ0n) is 12.6. The molecule has 0 aliphatic heterocycles. The Hall–Kier alpha value is -1.91. The topological polar surface area (TPSA) is 43.8 Å². The Kier molecular flexibility index (Phi) is 5.26. The van der Waals surface area contributed by atoms with Crippen LogP contribution >= 0.6 is 23.4 Å². The summed E-state index contributed by atoms with van der Waals surface area (Å²) in [5, 5.41) is 1.17. The second-order valence-corrected chi connectivity index (χ2v) is 7.21. The summed E-state index contributed by atoms with van der Waals surface area (Å²) in [7, 11) is 0. The predicted octanol–water partition coefficient (Wildman–Crippen LogP) is 4.52. The molecule has 0 aliphatic carbocycles. The number of halogens is 1. The van der Waals surface area contributed by atoms with Gasteiger partial charge in [-0.3, -0.25) is 0 Å². The lowest BCUT2D eigenvalue weighted by molar-refractivity contribution is 0.656. The number of thioether (sulfide) groups is 1. The summed E-state index contributed by atoms with van der Waals surface area (Å²) in [5.41, 5.74) is 7.84. The molecule has 2 aromatic carbocycles. The highest BCUT2D eigenvalue weighted by atomic mass is 35.5. The quantitative estimate of drug-likeness (QED) is 0.528. The van der Waals surface area contributed by atoms with Crippen LogP contribution in [0.5, 0.6) is 0 Å². The molecular formula is C18H18ClN3S. The summed E-state index contributed by atoms with van der Waals surface area (Å²) in [6.07, 6.45) is 6.63. The standard InChI is InChI=1S/C18H18ClN3S/c19-15-3-1-14(2-4-15)11-18(12-22-10-9-21-13-22)23-17-7-5-16(20)6-8-17/h1-10,13,18H,11-12,20H2. The van der Waals surface area contributed by atoms with Gasteiger partial charge in [0.15, 0.2) is 0 Å². The third-order valence-electron chi connectivity index (χ3n) is 3.53. The molecule has 118 valence electrons. The SMILES string of the molecule is Nc1ccc(SC(Cc2ccc(Cl)cc2)Cn2ccnc2)cc1. The van der Waals surface area contributed by atoms with Gasteiger partial charge in [-0.05, 0) is 48.4 Å². The van der Waals surface area contributed by atoms with Crippen molar-refractivity contribution >= 4 is 29.1 Å². The first-order valence-electron chi connectivity index (χ1n) is 7.41. The van der Waals surface area contributed by atoms with Gasteiger partial charge in [0.05, 0.1) is 6.33 Å². The van der Waals surface area contributed by atoms with Crippen molar-refractivity contribution in [1.29, 1.82) is 0 Å². The first kappa shape index (κ1) is 16.0. The van der Waals surface area contributed by atoms with Gasteiger partial charge in [-0.15, -0.1) is 11.8 Å². The lowest BCUT2D eigenvalue weighted by Crippen LogP contribution is -2.15. The number of aromatic nitrogens is 2. The van der Waals surface area contributed by atoms with E-state index in [1.165, 1.54) is 10.5 Å². The van der Waals surface area contributed by atoms with Crippen molar-refractivity contribution < 1.29 is 0 Å². The first-order chi connectivity index (χ1) is 11.2. The average molecular weight is 344 g/mol. The normalized spacial score (nSPS) is 12.2. The van der Waals surface area contributed by atoms with Crippen molar-refractivity contribution in [2.45, 2.75) is 23.1 Å². The number of nitrogens with zero attached hydrogens (tertiary/aromatic N) is 2. The van der Waals surface area contributed by atoms with Crippen LogP contribution in [-0.2, 0) is 13.0 Å². The molecule has 1 unspecified atom stereocenters. The Labute approximate surface area is 145 Å². The van der Waals surface area contributed by atoms with Crippen LogP contribution in [-0.4, -0.2) is 14.8 Å². The molecule has 0 amide bonds. The lowest BCUT2D eigenvalue weighted by atomic mass is 10.1. The fourth-order valence-corrected chi connectivity index (χ4v) is 3.72. The summed E-state index contributed by atoms with van der Waals surface area (Å²) in [6.45, 7) is 0.900. The molecule has 3 aromatic rings. The van der Waals surface area contributed by atoms with Crippen LogP contribution in [0.4, 0.5) is 5.69 Å². The molecule has 0 spiro atoms. The van der Waals surface area contributed by atoms with Crippen molar-refractivity contribution in [2.75, 3.05) is 5.73 Å². The van der Waals surface area contributed by atoms with Crippen LogP contribution in [0, 0.1) is 0 Å². The first-order valence-corrected chi connectivity index (χ1v) is 8.67. The van der Waals surface area contributed by atoms with Crippen molar-refractivity contribution in [3.63, 3.8) is 0 Å². The predicted molar refractivity (Wildman–Crippen MR) is 97.9 cm³/mol. The minimum Gasteiger partial charge on any atom is -0.399 e. The Morgan fingerprint density at radius 1 is 1.09 bits per heavy atom. The summed E-state index contributed by atoms with van der Waals surface area (Å²) in [5.74, 6) is 0. The van der Waals surface area contributed by atoms with E-state index in [0.717, 1.165) is 23.7 Å².